The molecule has 0 unspecified atom stereocenters. The second-order valence-electron chi connectivity index (χ2n) is 4.01. The number of aliphatic hydroxyl groups excluding tert-OH is 1. The van der Waals surface area contributed by atoms with E-state index in [0.717, 1.165) is 12.8 Å². The highest BCUT2D eigenvalue weighted by Crippen LogP contribution is 2.18. The Morgan fingerprint density at radius 2 is 1.62 bits per heavy atom. The summed E-state index contributed by atoms with van der Waals surface area (Å²) in [6.07, 6.45) is 1.68. The maximum atomic E-state index is 9.74. The van der Waals surface area contributed by atoms with Crippen LogP contribution in [-0.4, -0.2) is 23.4 Å². The molecule has 0 saturated heterocycles. The molecule has 0 aromatic carbocycles. The lowest BCUT2D eigenvalue weighted by atomic mass is 9.95. The van der Waals surface area contributed by atoms with Crippen LogP contribution in [0.25, 0.3) is 0 Å². The van der Waals surface area contributed by atoms with Gasteiger partial charge in [-0.3, -0.25) is 0 Å². The minimum absolute atomic E-state index is 0.00463. The zero-order valence-electron chi connectivity index (χ0n) is 9.58. The van der Waals surface area contributed by atoms with E-state index in [0.29, 0.717) is 5.92 Å². The lowest BCUT2D eigenvalue weighted by Gasteiger charge is -2.29. The van der Waals surface area contributed by atoms with Gasteiger partial charge in [-0.15, -0.1) is 0 Å². The summed E-state index contributed by atoms with van der Waals surface area (Å²) in [6.45, 7) is 10.3. The molecule has 0 aromatic rings. The van der Waals surface area contributed by atoms with Crippen molar-refractivity contribution >= 4 is 0 Å². The Balaban J connectivity index is 4.17. The van der Waals surface area contributed by atoms with Crippen LogP contribution in [0.4, 0.5) is 0 Å². The SMILES string of the molecule is CC[C@@H](O)[C@@H](OC(C)C)[C@@H](C)CC. The first-order valence-corrected chi connectivity index (χ1v) is 5.36. The Morgan fingerprint density at radius 3 is 1.92 bits per heavy atom. The fraction of sp³-hybridized carbons (Fsp3) is 1.00. The second-order valence-corrected chi connectivity index (χ2v) is 4.01. The van der Waals surface area contributed by atoms with Gasteiger partial charge in [-0.05, 0) is 26.2 Å². The summed E-state index contributed by atoms with van der Waals surface area (Å²) in [5.41, 5.74) is 0. The topological polar surface area (TPSA) is 29.5 Å². The van der Waals surface area contributed by atoms with Gasteiger partial charge in [0.1, 0.15) is 0 Å². The van der Waals surface area contributed by atoms with Crippen LogP contribution in [0.2, 0.25) is 0 Å². The highest BCUT2D eigenvalue weighted by Gasteiger charge is 2.24. The Kier molecular flexibility index (Phi) is 6.35. The van der Waals surface area contributed by atoms with E-state index in [1.807, 2.05) is 20.8 Å². The van der Waals surface area contributed by atoms with Gasteiger partial charge in [0.2, 0.25) is 0 Å². The molecule has 2 nitrogen and oxygen atoms in total. The van der Waals surface area contributed by atoms with Crippen molar-refractivity contribution in [2.45, 2.75) is 65.8 Å². The Hall–Kier alpha value is -0.0800. The normalized spacial score (nSPS) is 18.7. The molecule has 80 valence electrons. The maximum absolute atomic E-state index is 9.74. The first-order valence-electron chi connectivity index (χ1n) is 5.36. The van der Waals surface area contributed by atoms with Crippen molar-refractivity contribution in [2.75, 3.05) is 0 Å². The number of hydrogen-bond donors (Lipinski definition) is 1. The molecule has 3 atom stereocenters. The lowest BCUT2D eigenvalue weighted by molar-refractivity contribution is -0.0914. The van der Waals surface area contributed by atoms with Crippen molar-refractivity contribution in [3.8, 4) is 0 Å². The van der Waals surface area contributed by atoms with Crippen LogP contribution in [-0.2, 0) is 4.74 Å². The van der Waals surface area contributed by atoms with Gasteiger partial charge in [0.15, 0.2) is 0 Å². The fourth-order valence-electron chi connectivity index (χ4n) is 1.38. The highest BCUT2D eigenvalue weighted by molar-refractivity contribution is 4.73. The van der Waals surface area contributed by atoms with E-state index in [4.69, 9.17) is 4.74 Å². The third-order valence-electron chi connectivity index (χ3n) is 2.43. The summed E-state index contributed by atoms with van der Waals surface area (Å²) in [5, 5.41) is 9.74. The smallest absolute Gasteiger partial charge is 0.0862 e. The van der Waals surface area contributed by atoms with E-state index < -0.39 is 0 Å². The number of aliphatic hydroxyl groups is 1. The van der Waals surface area contributed by atoms with Crippen molar-refractivity contribution in [3.05, 3.63) is 0 Å². The van der Waals surface area contributed by atoms with E-state index in [2.05, 4.69) is 13.8 Å². The Morgan fingerprint density at radius 1 is 1.08 bits per heavy atom. The standard InChI is InChI=1S/C11H24O2/c1-6-9(5)11(10(12)7-2)13-8(3)4/h8-12H,6-7H2,1-5H3/t9-,10+,11-/m0/s1. The van der Waals surface area contributed by atoms with Gasteiger partial charge in [0, 0.05) is 0 Å². The van der Waals surface area contributed by atoms with E-state index in [-0.39, 0.29) is 18.3 Å². The molecule has 0 aromatic heterocycles. The van der Waals surface area contributed by atoms with Crippen molar-refractivity contribution < 1.29 is 9.84 Å². The van der Waals surface area contributed by atoms with E-state index >= 15 is 0 Å². The van der Waals surface area contributed by atoms with Crippen LogP contribution in [0.3, 0.4) is 0 Å². The average molecular weight is 188 g/mol. The summed E-state index contributed by atoms with van der Waals surface area (Å²) in [5.74, 6) is 0.428. The van der Waals surface area contributed by atoms with Gasteiger partial charge in [-0.1, -0.05) is 27.2 Å². The van der Waals surface area contributed by atoms with E-state index in [9.17, 15) is 5.11 Å². The predicted molar refractivity (Wildman–Crippen MR) is 55.8 cm³/mol. The fourth-order valence-corrected chi connectivity index (χ4v) is 1.38. The second kappa shape index (κ2) is 6.39. The molecule has 0 amide bonds. The minimum atomic E-state index is -0.322. The molecular formula is C11H24O2. The average Bonchev–Trinajstić information content (AvgIpc) is 2.11. The first kappa shape index (κ1) is 12.9. The molecule has 0 rings (SSSR count). The highest BCUT2D eigenvalue weighted by atomic mass is 16.5. The van der Waals surface area contributed by atoms with Crippen molar-refractivity contribution in [3.63, 3.8) is 0 Å². The molecular weight excluding hydrogens is 164 g/mol. The van der Waals surface area contributed by atoms with Gasteiger partial charge in [-0.25, -0.2) is 0 Å². The van der Waals surface area contributed by atoms with Crippen molar-refractivity contribution in [2.24, 2.45) is 5.92 Å². The molecule has 0 saturated carbocycles. The van der Waals surface area contributed by atoms with Crippen LogP contribution < -0.4 is 0 Å². The zero-order chi connectivity index (χ0) is 10.4. The number of hydrogen-bond acceptors (Lipinski definition) is 2. The monoisotopic (exact) mass is 188 g/mol. The molecule has 1 N–H and O–H groups in total. The number of rotatable bonds is 6. The maximum Gasteiger partial charge on any atom is 0.0862 e. The predicted octanol–water partition coefficient (Wildman–Crippen LogP) is 2.60. The summed E-state index contributed by atoms with van der Waals surface area (Å²) in [7, 11) is 0. The lowest BCUT2D eigenvalue weighted by Crippen LogP contribution is -2.36. The molecule has 0 bridgehead atoms. The first-order chi connectivity index (χ1) is 6.02. The summed E-state index contributed by atoms with van der Waals surface area (Å²) in [6, 6.07) is 0. The molecule has 0 aliphatic rings. The molecule has 13 heavy (non-hydrogen) atoms. The Labute approximate surface area is 82.3 Å². The van der Waals surface area contributed by atoms with Crippen molar-refractivity contribution in [1.82, 2.24) is 0 Å². The van der Waals surface area contributed by atoms with Gasteiger partial charge in [0.25, 0.3) is 0 Å². The third kappa shape index (κ3) is 4.63. The van der Waals surface area contributed by atoms with Gasteiger partial charge >= 0.3 is 0 Å². The molecule has 0 spiro atoms. The van der Waals surface area contributed by atoms with Gasteiger partial charge < -0.3 is 9.84 Å². The van der Waals surface area contributed by atoms with E-state index in [1.54, 1.807) is 0 Å². The van der Waals surface area contributed by atoms with Crippen LogP contribution in [0.15, 0.2) is 0 Å². The molecule has 0 fully saturated rings. The van der Waals surface area contributed by atoms with Crippen LogP contribution in [0.5, 0.6) is 0 Å². The quantitative estimate of drug-likeness (QED) is 0.694. The molecule has 2 heteroatoms. The number of ether oxygens (including phenoxy) is 1. The third-order valence-corrected chi connectivity index (χ3v) is 2.43. The van der Waals surface area contributed by atoms with Crippen LogP contribution in [0, 0.1) is 5.92 Å². The summed E-state index contributed by atoms with van der Waals surface area (Å²) < 4.78 is 5.71. The molecule has 0 radical (unpaired) electrons. The largest absolute Gasteiger partial charge is 0.390 e. The van der Waals surface area contributed by atoms with Gasteiger partial charge in [0.05, 0.1) is 18.3 Å². The van der Waals surface area contributed by atoms with Crippen LogP contribution in [0.1, 0.15) is 47.5 Å². The van der Waals surface area contributed by atoms with Gasteiger partial charge in [-0.2, -0.15) is 0 Å². The molecule has 0 aliphatic carbocycles. The zero-order valence-corrected chi connectivity index (χ0v) is 9.58. The van der Waals surface area contributed by atoms with Crippen LogP contribution >= 0.6 is 0 Å². The molecule has 0 aliphatic heterocycles. The summed E-state index contributed by atoms with van der Waals surface area (Å²) in [4.78, 5) is 0. The summed E-state index contributed by atoms with van der Waals surface area (Å²) >= 11 is 0. The van der Waals surface area contributed by atoms with Crippen molar-refractivity contribution in [1.29, 1.82) is 0 Å². The minimum Gasteiger partial charge on any atom is -0.390 e. The molecule has 0 heterocycles. The van der Waals surface area contributed by atoms with E-state index in [1.165, 1.54) is 0 Å². The Bertz CT molecular complexity index is 113.